The highest BCUT2D eigenvalue weighted by Gasteiger charge is 2.33. The van der Waals surface area contributed by atoms with Crippen LogP contribution in [0.4, 0.5) is 14.5 Å². The van der Waals surface area contributed by atoms with Crippen molar-refractivity contribution in [3.63, 3.8) is 0 Å². The van der Waals surface area contributed by atoms with Crippen LogP contribution in [0.1, 0.15) is 33.2 Å². The van der Waals surface area contributed by atoms with Crippen molar-refractivity contribution in [3.05, 3.63) is 81.3 Å². The van der Waals surface area contributed by atoms with Gasteiger partial charge >= 0.3 is 0 Å². The smallest absolute Gasteiger partial charge is 0.261 e. The fraction of sp³-hybridized carbons (Fsp3) is 0.167. The number of imidazole rings is 1. The molecule has 10 heteroatoms. The summed E-state index contributed by atoms with van der Waals surface area (Å²) in [6, 6.07) is 7.64. The molecule has 172 valence electrons. The first-order valence-electron chi connectivity index (χ1n) is 10.5. The van der Waals surface area contributed by atoms with Gasteiger partial charge in [-0.1, -0.05) is 0 Å². The van der Waals surface area contributed by atoms with Crippen molar-refractivity contribution in [1.82, 2.24) is 19.9 Å². The summed E-state index contributed by atoms with van der Waals surface area (Å²) in [6.45, 7) is 1.78. The molecule has 0 saturated carbocycles. The normalized spacial score (nSPS) is 14.1. The second kappa shape index (κ2) is 7.91. The maximum atomic E-state index is 14.1. The SMILES string of the molecule is CC(Cc1cc(F)ccc1F)Nc1cc[nH]c(=O)c1-c1nc2cc3c(cc2[nH]1)C(=O)N(C)C3=O. The van der Waals surface area contributed by atoms with Gasteiger partial charge in [0.15, 0.2) is 0 Å². The Bertz CT molecular complexity index is 1490. The van der Waals surface area contributed by atoms with E-state index in [2.05, 4.69) is 20.3 Å². The Balaban J connectivity index is 1.50. The van der Waals surface area contributed by atoms with Gasteiger partial charge in [-0.25, -0.2) is 13.8 Å². The largest absolute Gasteiger partial charge is 0.381 e. The van der Waals surface area contributed by atoms with Gasteiger partial charge in [0.25, 0.3) is 17.4 Å². The van der Waals surface area contributed by atoms with E-state index in [-0.39, 0.29) is 40.5 Å². The van der Waals surface area contributed by atoms with Gasteiger partial charge in [0.05, 0.1) is 27.8 Å². The number of aromatic amines is 2. The first-order valence-corrected chi connectivity index (χ1v) is 10.5. The van der Waals surface area contributed by atoms with Crippen molar-refractivity contribution in [2.45, 2.75) is 19.4 Å². The van der Waals surface area contributed by atoms with E-state index in [0.717, 1.165) is 23.1 Å². The Kier molecular flexibility index (Phi) is 5.00. The first kappa shape index (κ1) is 21.5. The van der Waals surface area contributed by atoms with Crippen LogP contribution in [0.15, 0.2) is 47.4 Å². The van der Waals surface area contributed by atoms with E-state index in [1.165, 1.54) is 19.3 Å². The average Bonchev–Trinajstić information content (AvgIpc) is 3.29. The Morgan fingerprint density at radius 3 is 2.56 bits per heavy atom. The van der Waals surface area contributed by atoms with Gasteiger partial charge in [0, 0.05) is 19.3 Å². The molecule has 1 atom stereocenters. The van der Waals surface area contributed by atoms with Gasteiger partial charge < -0.3 is 15.3 Å². The standard InChI is InChI=1S/C24H19F2N5O3/c1-11(7-12-8-13(25)3-4-16(12)26)28-17-5-6-27-22(32)20(17)21-29-18-9-14-15(10-19(18)30-21)24(34)31(2)23(14)33/h3-6,8-11H,7H2,1-2H3,(H,29,30)(H2,27,28,32). The Morgan fingerprint density at radius 1 is 1.06 bits per heavy atom. The average molecular weight is 463 g/mol. The highest BCUT2D eigenvalue weighted by Crippen LogP contribution is 2.30. The topological polar surface area (TPSA) is 111 Å². The summed E-state index contributed by atoms with van der Waals surface area (Å²) in [5.74, 6) is -1.62. The molecule has 0 fully saturated rings. The third-order valence-corrected chi connectivity index (χ3v) is 5.82. The van der Waals surface area contributed by atoms with Crippen LogP contribution in [0.5, 0.6) is 0 Å². The number of H-pyrrole nitrogens is 2. The zero-order valence-electron chi connectivity index (χ0n) is 18.2. The first-order chi connectivity index (χ1) is 16.2. The Morgan fingerprint density at radius 2 is 1.79 bits per heavy atom. The molecule has 3 heterocycles. The van der Waals surface area contributed by atoms with Gasteiger partial charge in [0.1, 0.15) is 23.0 Å². The van der Waals surface area contributed by atoms with Crippen molar-refractivity contribution in [3.8, 4) is 11.4 Å². The number of anilines is 1. The molecule has 0 bridgehead atoms. The zero-order valence-corrected chi connectivity index (χ0v) is 18.2. The lowest BCUT2D eigenvalue weighted by Gasteiger charge is -2.17. The summed E-state index contributed by atoms with van der Waals surface area (Å²) in [5, 5.41) is 3.17. The third kappa shape index (κ3) is 3.53. The number of carbonyl (C=O) groups excluding carboxylic acids is 2. The van der Waals surface area contributed by atoms with Gasteiger partial charge in [-0.2, -0.15) is 0 Å². The summed E-state index contributed by atoms with van der Waals surface area (Å²) in [7, 11) is 1.41. The van der Waals surface area contributed by atoms with Crippen molar-refractivity contribution in [2.24, 2.45) is 0 Å². The fourth-order valence-corrected chi connectivity index (χ4v) is 4.16. The van der Waals surface area contributed by atoms with Crippen molar-refractivity contribution in [1.29, 1.82) is 0 Å². The fourth-order valence-electron chi connectivity index (χ4n) is 4.16. The van der Waals surface area contributed by atoms with E-state index < -0.39 is 29.0 Å². The van der Waals surface area contributed by atoms with Crippen LogP contribution in [0, 0.1) is 11.6 Å². The van der Waals surface area contributed by atoms with Crippen LogP contribution in [-0.4, -0.2) is 44.8 Å². The van der Waals surface area contributed by atoms with Crippen LogP contribution in [0.3, 0.4) is 0 Å². The highest BCUT2D eigenvalue weighted by molar-refractivity contribution is 6.22. The molecule has 2 aromatic carbocycles. The van der Waals surface area contributed by atoms with Crippen LogP contribution >= 0.6 is 0 Å². The summed E-state index contributed by atoms with van der Waals surface area (Å²) >= 11 is 0. The molecule has 0 aliphatic carbocycles. The monoisotopic (exact) mass is 463 g/mol. The van der Waals surface area contributed by atoms with E-state index in [1.54, 1.807) is 19.1 Å². The number of aromatic nitrogens is 3. The molecule has 1 aliphatic rings. The predicted molar refractivity (Wildman–Crippen MR) is 122 cm³/mol. The molecule has 0 spiro atoms. The van der Waals surface area contributed by atoms with Gasteiger partial charge in [-0.15, -0.1) is 0 Å². The zero-order chi connectivity index (χ0) is 24.1. The Hall–Kier alpha value is -4.34. The maximum Gasteiger partial charge on any atom is 0.261 e. The molecule has 8 nitrogen and oxygen atoms in total. The van der Waals surface area contributed by atoms with Gasteiger partial charge in [0.2, 0.25) is 0 Å². The minimum absolute atomic E-state index is 0.181. The number of hydrogen-bond acceptors (Lipinski definition) is 5. The van der Waals surface area contributed by atoms with E-state index in [9.17, 15) is 23.2 Å². The molecule has 5 rings (SSSR count). The number of nitrogens with one attached hydrogen (secondary N) is 3. The molecule has 2 aromatic heterocycles. The third-order valence-electron chi connectivity index (χ3n) is 5.82. The number of fused-ring (bicyclic) bond motifs is 2. The van der Waals surface area contributed by atoms with Gasteiger partial charge in [-0.3, -0.25) is 19.3 Å². The van der Waals surface area contributed by atoms with E-state index in [4.69, 9.17) is 0 Å². The number of benzene rings is 2. The number of imide groups is 1. The lowest BCUT2D eigenvalue weighted by atomic mass is 10.1. The molecule has 0 radical (unpaired) electrons. The second-order valence-corrected chi connectivity index (χ2v) is 8.25. The number of carbonyl (C=O) groups is 2. The minimum atomic E-state index is -0.530. The van der Waals surface area contributed by atoms with Crippen molar-refractivity contribution < 1.29 is 18.4 Å². The molecule has 2 amide bonds. The molecule has 34 heavy (non-hydrogen) atoms. The lowest BCUT2D eigenvalue weighted by Crippen LogP contribution is -2.24. The molecule has 1 unspecified atom stereocenters. The van der Waals surface area contributed by atoms with Crippen molar-refractivity contribution >= 4 is 28.5 Å². The number of pyridine rings is 1. The predicted octanol–water partition coefficient (Wildman–Crippen LogP) is 3.47. The number of amides is 2. The number of rotatable bonds is 5. The summed E-state index contributed by atoms with van der Waals surface area (Å²) < 4.78 is 27.6. The van der Waals surface area contributed by atoms with Crippen LogP contribution in [-0.2, 0) is 6.42 Å². The minimum Gasteiger partial charge on any atom is -0.381 e. The van der Waals surface area contributed by atoms with Crippen molar-refractivity contribution in [2.75, 3.05) is 12.4 Å². The summed E-state index contributed by atoms with van der Waals surface area (Å²) in [6.07, 6.45) is 1.65. The van der Waals surface area contributed by atoms with Gasteiger partial charge in [-0.05, 0) is 55.3 Å². The second-order valence-electron chi connectivity index (χ2n) is 8.25. The summed E-state index contributed by atoms with van der Waals surface area (Å²) in [5.41, 5.74) is 1.87. The van der Waals surface area contributed by atoms with Crippen LogP contribution < -0.4 is 10.9 Å². The quantitative estimate of drug-likeness (QED) is 0.393. The molecule has 3 N–H and O–H groups in total. The highest BCUT2D eigenvalue weighted by atomic mass is 19.1. The maximum absolute atomic E-state index is 14.1. The molecule has 4 aromatic rings. The van der Waals surface area contributed by atoms with E-state index in [1.807, 2.05) is 0 Å². The molecule has 1 aliphatic heterocycles. The van der Waals surface area contributed by atoms with E-state index in [0.29, 0.717) is 16.7 Å². The summed E-state index contributed by atoms with van der Waals surface area (Å²) in [4.78, 5) is 48.5. The lowest BCUT2D eigenvalue weighted by molar-refractivity contribution is 0.0693. The number of halogens is 2. The number of nitrogens with zero attached hydrogens (tertiary/aromatic N) is 2. The Labute approximate surface area is 191 Å². The molecular formula is C24H19F2N5O3. The van der Waals surface area contributed by atoms with Crippen LogP contribution in [0.2, 0.25) is 0 Å². The van der Waals surface area contributed by atoms with Crippen LogP contribution in [0.25, 0.3) is 22.4 Å². The number of hydrogen-bond donors (Lipinski definition) is 3. The molecule has 0 saturated heterocycles. The molecular weight excluding hydrogens is 444 g/mol. The van der Waals surface area contributed by atoms with E-state index >= 15 is 0 Å².